The molecule has 0 aliphatic heterocycles. The van der Waals surface area contributed by atoms with Crippen LogP contribution in [0.15, 0.2) is 24.3 Å². The Hall–Kier alpha value is -3.14. The molecule has 10 heteroatoms. The molecule has 0 bridgehead atoms. The summed E-state index contributed by atoms with van der Waals surface area (Å²) in [5.74, 6) is -3.56. The fourth-order valence-electron chi connectivity index (χ4n) is 3.64. The maximum Gasteiger partial charge on any atom is 0.326 e. The van der Waals surface area contributed by atoms with Gasteiger partial charge < -0.3 is 31.9 Å². The predicted molar refractivity (Wildman–Crippen MR) is 137 cm³/mol. The number of phenols is 1. The maximum absolute atomic E-state index is 13.3. The number of amides is 3. The second-order valence-electron chi connectivity index (χ2n) is 9.79. The molecule has 36 heavy (non-hydrogen) atoms. The Morgan fingerprint density at radius 3 is 1.58 bits per heavy atom. The topological polar surface area (TPSA) is 171 Å². The van der Waals surface area contributed by atoms with E-state index in [0.717, 1.165) is 5.56 Å². The van der Waals surface area contributed by atoms with Crippen molar-refractivity contribution in [3.63, 3.8) is 0 Å². The molecule has 0 aliphatic rings. The summed E-state index contributed by atoms with van der Waals surface area (Å²) in [6.07, 6.45) is 1.36. The summed E-state index contributed by atoms with van der Waals surface area (Å²) in [5.41, 5.74) is 6.84. The highest BCUT2D eigenvalue weighted by Gasteiger charge is 2.34. The predicted octanol–water partition coefficient (Wildman–Crippen LogP) is 1.55. The Morgan fingerprint density at radius 2 is 1.19 bits per heavy atom. The number of benzene rings is 1. The van der Waals surface area contributed by atoms with E-state index in [1.807, 2.05) is 20.8 Å². The van der Waals surface area contributed by atoms with Crippen LogP contribution in [0.2, 0.25) is 0 Å². The molecular weight excluding hydrogens is 464 g/mol. The molecule has 1 aromatic carbocycles. The minimum Gasteiger partial charge on any atom is -0.508 e. The molecule has 7 N–H and O–H groups in total. The van der Waals surface area contributed by atoms with Gasteiger partial charge in [-0.3, -0.25) is 14.4 Å². The van der Waals surface area contributed by atoms with Crippen LogP contribution in [0.5, 0.6) is 5.75 Å². The molecule has 6 unspecified atom stereocenters. The van der Waals surface area contributed by atoms with Crippen LogP contribution in [0.4, 0.5) is 0 Å². The Morgan fingerprint density at radius 1 is 0.778 bits per heavy atom. The first-order valence-electron chi connectivity index (χ1n) is 12.5. The molecule has 0 fully saturated rings. The van der Waals surface area contributed by atoms with Gasteiger partial charge in [0.2, 0.25) is 17.7 Å². The summed E-state index contributed by atoms with van der Waals surface area (Å²) < 4.78 is 0. The van der Waals surface area contributed by atoms with E-state index in [2.05, 4.69) is 16.0 Å². The van der Waals surface area contributed by atoms with Gasteiger partial charge in [0, 0.05) is 0 Å². The summed E-state index contributed by atoms with van der Waals surface area (Å²) in [4.78, 5) is 50.7. The number of nitrogens with two attached hydrogens (primary N) is 1. The summed E-state index contributed by atoms with van der Waals surface area (Å²) in [7, 11) is 0. The molecule has 1 aromatic rings. The van der Waals surface area contributed by atoms with Gasteiger partial charge in [-0.1, -0.05) is 66.5 Å². The average molecular weight is 507 g/mol. The molecular formula is C26H42N4O6. The molecule has 202 valence electrons. The average Bonchev–Trinajstić information content (AvgIpc) is 2.83. The van der Waals surface area contributed by atoms with Crippen LogP contribution in [0.1, 0.15) is 59.9 Å². The number of aliphatic carboxylic acids is 1. The monoisotopic (exact) mass is 506 g/mol. The van der Waals surface area contributed by atoms with Gasteiger partial charge in [0.15, 0.2) is 0 Å². The van der Waals surface area contributed by atoms with E-state index >= 15 is 0 Å². The lowest BCUT2D eigenvalue weighted by atomic mass is 9.94. The minimum atomic E-state index is -1.15. The van der Waals surface area contributed by atoms with Gasteiger partial charge in [0.05, 0.1) is 6.04 Å². The van der Waals surface area contributed by atoms with Gasteiger partial charge in [-0.25, -0.2) is 4.79 Å². The van der Waals surface area contributed by atoms with Gasteiger partial charge in [0.1, 0.15) is 23.9 Å². The number of aromatic hydroxyl groups is 1. The quantitative estimate of drug-likeness (QED) is 0.222. The summed E-state index contributed by atoms with van der Waals surface area (Å²) in [6.45, 7) is 10.7. The van der Waals surface area contributed by atoms with Crippen LogP contribution in [0.25, 0.3) is 0 Å². The summed E-state index contributed by atoms with van der Waals surface area (Å²) in [5, 5.41) is 26.9. The zero-order chi connectivity index (χ0) is 27.6. The molecule has 10 nitrogen and oxygen atoms in total. The Balaban J connectivity index is 3.01. The van der Waals surface area contributed by atoms with Gasteiger partial charge in [-0.15, -0.1) is 0 Å². The second kappa shape index (κ2) is 14.4. The lowest BCUT2D eigenvalue weighted by molar-refractivity contribution is -0.144. The first-order chi connectivity index (χ1) is 16.8. The molecule has 1 rings (SSSR count). The Bertz CT molecular complexity index is 889. The third-order valence-electron chi connectivity index (χ3n) is 6.55. The maximum atomic E-state index is 13.3. The van der Waals surface area contributed by atoms with E-state index in [9.17, 15) is 29.4 Å². The highest BCUT2D eigenvalue weighted by Crippen LogP contribution is 2.15. The third-order valence-corrected chi connectivity index (χ3v) is 6.55. The highest BCUT2D eigenvalue weighted by molar-refractivity contribution is 5.94. The zero-order valence-corrected chi connectivity index (χ0v) is 22.1. The number of hydrogen-bond acceptors (Lipinski definition) is 6. The number of hydrogen-bond donors (Lipinski definition) is 6. The lowest BCUT2D eigenvalue weighted by Crippen LogP contribution is -2.60. The molecule has 0 aliphatic carbocycles. The molecule has 6 atom stereocenters. The Labute approximate surface area is 213 Å². The molecule has 0 spiro atoms. The fourth-order valence-corrected chi connectivity index (χ4v) is 3.64. The van der Waals surface area contributed by atoms with Crippen molar-refractivity contribution in [2.24, 2.45) is 23.5 Å². The van der Waals surface area contributed by atoms with Crippen molar-refractivity contribution in [3.8, 4) is 5.75 Å². The zero-order valence-electron chi connectivity index (χ0n) is 22.1. The number of carboxylic acids is 1. The van der Waals surface area contributed by atoms with Crippen LogP contribution in [-0.2, 0) is 25.6 Å². The smallest absolute Gasteiger partial charge is 0.326 e. The first-order valence-corrected chi connectivity index (χ1v) is 12.5. The van der Waals surface area contributed by atoms with Crippen molar-refractivity contribution in [1.29, 1.82) is 0 Å². The van der Waals surface area contributed by atoms with Crippen molar-refractivity contribution in [2.75, 3.05) is 0 Å². The van der Waals surface area contributed by atoms with E-state index in [0.29, 0.717) is 12.8 Å². The molecule has 0 heterocycles. The van der Waals surface area contributed by atoms with Crippen LogP contribution >= 0.6 is 0 Å². The van der Waals surface area contributed by atoms with Crippen molar-refractivity contribution >= 4 is 23.7 Å². The van der Waals surface area contributed by atoms with Gasteiger partial charge in [0.25, 0.3) is 0 Å². The van der Waals surface area contributed by atoms with Crippen LogP contribution in [0, 0.1) is 17.8 Å². The number of carbonyl (C=O) groups excluding carboxylic acids is 3. The minimum absolute atomic E-state index is 0.105. The van der Waals surface area contributed by atoms with Crippen LogP contribution < -0.4 is 21.7 Å². The highest BCUT2D eigenvalue weighted by atomic mass is 16.4. The van der Waals surface area contributed by atoms with Crippen molar-refractivity contribution in [1.82, 2.24) is 16.0 Å². The number of rotatable bonds is 14. The fraction of sp³-hybridized carbons (Fsp3) is 0.615. The number of phenolic OH excluding ortho intramolecular Hbond substituents is 1. The molecule has 0 aromatic heterocycles. The van der Waals surface area contributed by atoms with E-state index in [4.69, 9.17) is 5.73 Å². The number of carbonyl (C=O) groups is 4. The van der Waals surface area contributed by atoms with Gasteiger partial charge in [-0.2, -0.15) is 0 Å². The van der Waals surface area contributed by atoms with Gasteiger partial charge in [-0.05, 0) is 41.9 Å². The number of nitrogens with one attached hydrogen (secondary N) is 3. The normalized spacial score (nSPS) is 16.2. The largest absolute Gasteiger partial charge is 0.508 e. The van der Waals surface area contributed by atoms with Crippen molar-refractivity contribution in [2.45, 2.75) is 85.0 Å². The Kier molecular flexibility index (Phi) is 12.4. The SMILES string of the molecule is CCC(C)C(NC(=O)C(N)Cc1ccc(O)cc1)C(=O)NC(C(=O)NC(C(=O)O)C(C)C)C(C)CC. The van der Waals surface area contributed by atoms with Crippen LogP contribution in [0.3, 0.4) is 0 Å². The summed E-state index contributed by atoms with van der Waals surface area (Å²) >= 11 is 0. The van der Waals surface area contributed by atoms with Crippen molar-refractivity contribution in [3.05, 3.63) is 29.8 Å². The van der Waals surface area contributed by atoms with E-state index in [1.165, 1.54) is 12.1 Å². The van der Waals surface area contributed by atoms with Gasteiger partial charge >= 0.3 is 5.97 Å². The second-order valence-corrected chi connectivity index (χ2v) is 9.79. The third kappa shape index (κ3) is 9.14. The molecule has 0 saturated carbocycles. The molecule has 3 amide bonds. The van der Waals surface area contributed by atoms with Crippen molar-refractivity contribution < 1.29 is 29.4 Å². The van der Waals surface area contributed by atoms with E-state index in [-0.39, 0.29) is 29.9 Å². The van der Waals surface area contributed by atoms with Crippen LogP contribution in [-0.4, -0.2) is 58.1 Å². The molecule has 0 saturated heterocycles. The molecule has 0 radical (unpaired) electrons. The van der Waals surface area contributed by atoms with E-state index in [1.54, 1.807) is 32.9 Å². The van der Waals surface area contributed by atoms with E-state index < -0.39 is 47.9 Å². The lowest BCUT2D eigenvalue weighted by Gasteiger charge is -2.30. The number of carboxylic acid groups (broad SMARTS) is 1. The summed E-state index contributed by atoms with van der Waals surface area (Å²) in [6, 6.07) is 2.41. The standard InChI is InChI=1S/C26H42N4O6/c1-7-15(5)21(29-23(32)19(27)13-17-9-11-18(31)12-10-17)25(34)30-22(16(6)8-2)24(33)28-20(14(3)4)26(35)36/h9-12,14-16,19-22,31H,7-8,13,27H2,1-6H3,(H,28,33)(H,29,32)(H,30,34)(H,35,36). The first kappa shape index (κ1) is 30.9.